The first kappa shape index (κ1) is 11.4. The first-order chi connectivity index (χ1) is 7.31. The summed E-state index contributed by atoms with van der Waals surface area (Å²) in [6.45, 7) is 7.25. The highest BCUT2D eigenvalue weighted by Crippen LogP contribution is 2.30. The van der Waals surface area contributed by atoms with Gasteiger partial charge in [-0.05, 0) is 45.6 Å². The van der Waals surface area contributed by atoms with Gasteiger partial charge in [-0.1, -0.05) is 13.3 Å². The second-order valence-electron chi connectivity index (χ2n) is 5.36. The van der Waals surface area contributed by atoms with Gasteiger partial charge >= 0.3 is 0 Å². The van der Waals surface area contributed by atoms with Gasteiger partial charge in [0.25, 0.3) is 0 Å². The van der Waals surface area contributed by atoms with Gasteiger partial charge in [-0.25, -0.2) is 0 Å². The molecule has 88 valence electrons. The van der Waals surface area contributed by atoms with Crippen molar-refractivity contribution in [1.82, 2.24) is 10.2 Å². The molecule has 0 aromatic heterocycles. The third-order valence-corrected chi connectivity index (χ3v) is 3.88. The average Bonchev–Trinajstić information content (AvgIpc) is 2.93. The van der Waals surface area contributed by atoms with E-state index in [9.17, 15) is 0 Å². The molecule has 1 saturated heterocycles. The summed E-state index contributed by atoms with van der Waals surface area (Å²) in [7, 11) is 0. The molecule has 2 fully saturated rings. The number of hydrogen-bond donors (Lipinski definition) is 1. The second-order valence-corrected chi connectivity index (χ2v) is 5.36. The Hall–Kier alpha value is -0.0800. The standard InChI is InChI=1S/C13H26N2/c1-3-5-11(2)15(13-7-8-13)10-12-6-4-9-14-12/h11-14H,3-10H2,1-2H3. The largest absolute Gasteiger partial charge is 0.313 e. The van der Waals surface area contributed by atoms with Gasteiger partial charge in [0.05, 0.1) is 0 Å². The molecule has 0 bridgehead atoms. The van der Waals surface area contributed by atoms with Gasteiger partial charge in [-0.3, -0.25) is 4.90 Å². The second kappa shape index (κ2) is 5.31. The highest BCUT2D eigenvalue weighted by Gasteiger charge is 2.33. The molecule has 0 aromatic rings. The lowest BCUT2D eigenvalue weighted by Gasteiger charge is -2.31. The van der Waals surface area contributed by atoms with Crippen LogP contribution in [0.25, 0.3) is 0 Å². The molecule has 2 heteroatoms. The molecule has 0 aromatic carbocycles. The Morgan fingerprint density at radius 1 is 1.33 bits per heavy atom. The van der Waals surface area contributed by atoms with Crippen LogP contribution >= 0.6 is 0 Å². The SMILES string of the molecule is CCCC(C)N(CC1CCCN1)C1CC1. The smallest absolute Gasteiger partial charge is 0.0195 e. The van der Waals surface area contributed by atoms with Crippen molar-refractivity contribution < 1.29 is 0 Å². The molecule has 1 aliphatic carbocycles. The van der Waals surface area contributed by atoms with Crippen LogP contribution in [0.1, 0.15) is 52.4 Å². The van der Waals surface area contributed by atoms with Crippen LogP contribution in [0, 0.1) is 0 Å². The Labute approximate surface area is 94.4 Å². The zero-order chi connectivity index (χ0) is 10.7. The lowest BCUT2D eigenvalue weighted by molar-refractivity contribution is 0.172. The quantitative estimate of drug-likeness (QED) is 0.724. The molecule has 2 atom stereocenters. The molecule has 2 unspecified atom stereocenters. The lowest BCUT2D eigenvalue weighted by Crippen LogP contribution is -2.43. The predicted octanol–water partition coefficient (Wildman–Crippen LogP) is 2.39. The summed E-state index contributed by atoms with van der Waals surface area (Å²) < 4.78 is 0. The summed E-state index contributed by atoms with van der Waals surface area (Å²) in [5.74, 6) is 0. The Morgan fingerprint density at radius 3 is 2.67 bits per heavy atom. The van der Waals surface area contributed by atoms with Crippen LogP contribution < -0.4 is 5.32 Å². The number of nitrogens with zero attached hydrogens (tertiary/aromatic N) is 1. The molecule has 0 spiro atoms. The molecule has 1 heterocycles. The highest BCUT2D eigenvalue weighted by molar-refractivity contribution is 4.90. The molecule has 1 N–H and O–H groups in total. The van der Waals surface area contributed by atoms with Gasteiger partial charge in [-0.15, -0.1) is 0 Å². The number of nitrogens with one attached hydrogen (secondary N) is 1. The van der Waals surface area contributed by atoms with E-state index in [4.69, 9.17) is 0 Å². The molecule has 1 aliphatic heterocycles. The van der Waals surface area contributed by atoms with Crippen LogP contribution in [-0.4, -0.2) is 36.1 Å². The summed E-state index contributed by atoms with van der Waals surface area (Å²) in [6, 6.07) is 2.50. The van der Waals surface area contributed by atoms with Crippen molar-refractivity contribution in [3.8, 4) is 0 Å². The van der Waals surface area contributed by atoms with E-state index in [-0.39, 0.29) is 0 Å². The summed E-state index contributed by atoms with van der Waals surface area (Å²) in [5.41, 5.74) is 0. The Morgan fingerprint density at radius 2 is 2.13 bits per heavy atom. The molecule has 0 radical (unpaired) electrons. The maximum atomic E-state index is 3.63. The van der Waals surface area contributed by atoms with Crippen molar-refractivity contribution >= 4 is 0 Å². The topological polar surface area (TPSA) is 15.3 Å². The van der Waals surface area contributed by atoms with Crippen LogP contribution in [0.2, 0.25) is 0 Å². The normalized spacial score (nSPS) is 28.6. The van der Waals surface area contributed by atoms with Crippen LogP contribution in [0.4, 0.5) is 0 Å². The fourth-order valence-corrected chi connectivity index (χ4v) is 2.85. The maximum absolute atomic E-state index is 3.63. The molecular formula is C13H26N2. The highest BCUT2D eigenvalue weighted by atomic mass is 15.2. The third kappa shape index (κ3) is 3.18. The van der Waals surface area contributed by atoms with Crippen molar-refractivity contribution in [2.24, 2.45) is 0 Å². The fraction of sp³-hybridized carbons (Fsp3) is 1.00. The zero-order valence-electron chi connectivity index (χ0n) is 10.3. The van der Waals surface area contributed by atoms with E-state index in [1.54, 1.807) is 0 Å². The van der Waals surface area contributed by atoms with E-state index in [0.717, 1.165) is 18.1 Å². The minimum absolute atomic E-state index is 0.782. The summed E-state index contributed by atoms with van der Waals surface area (Å²) >= 11 is 0. The van der Waals surface area contributed by atoms with Gasteiger partial charge in [0.15, 0.2) is 0 Å². The van der Waals surface area contributed by atoms with Crippen LogP contribution in [-0.2, 0) is 0 Å². The van der Waals surface area contributed by atoms with Crippen molar-refractivity contribution in [3.63, 3.8) is 0 Å². The van der Waals surface area contributed by atoms with E-state index >= 15 is 0 Å². The van der Waals surface area contributed by atoms with Gasteiger partial charge in [-0.2, -0.15) is 0 Å². The van der Waals surface area contributed by atoms with Crippen LogP contribution in [0.15, 0.2) is 0 Å². The van der Waals surface area contributed by atoms with Gasteiger partial charge in [0, 0.05) is 24.7 Å². The molecule has 2 aliphatic rings. The predicted molar refractivity (Wildman–Crippen MR) is 65.1 cm³/mol. The first-order valence-electron chi connectivity index (χ1n) is 6.80. The Kier molecular flexibility index (Phi) is 4.04. The fourth-order valence-electron chi connectivity index (χ4n) is 2.85. The van der Waals surface area contributed by atoms with E-state index in [1.165, 1.54) is 51.6 Å². The first-order valence-corrected chi connectivity index (χ1v) is 6.80. The molecule has 2 nitrogen and oxygen atoms in total. The van der Waals surface area contributed by atoms with E-state index in [2.05, 4.69) is 24.1 Å². The minimum atomic E-state index is 0.782. The van der Waals surface area contributed by atoms with Gasteiger partial charge in [0.2, 0.25) is 0 Å². The molecule has 1 saturated carbocycles. The van der Waals surface area contributed by atoms with Gasteiger partial charge < -0.3 is 5.32 Å². The maximum Gasteiger partial charge on any atom is 0.0195 e. The lowest BCUT2D eigenvalue weighted by atomic mass is 10.1. The van der Waals surface area contributed by atoms with E-state index in [0.29, 0.717) is 0 Å². The van der Waals surface area contributed by atoms with Crippen molar-refractivity contribution in [2.45, 2.75) is 70.5 Å². The van der Waals surface area contributed by atoms with Crippen LogP contribution in [0.3, 0.4) is 0 Å². The monoisotopic (exact) mass is 210 g/mol. The molecule has 2 rings (SSSR count). The molecule has 15 heavy (non-hydrogen) atoms. The average molecular weight is 210 g/mol. The zero-order valence-corrected chi connectivity index (χ0v) is 10.3. The van der Waals surface area contributed by atoms with E-state index in [1.807, 2.05) is 0 Å². The molecule has 0 amide bonds. The van der Waals surface area contributed by atoms with E-state index < -0.39 is 0 Å². The number of hydrogen-bond acceptors (Lipinski definition) is 2. The Balaban J connectivity index is 1.81. The summed E-state index contributed by atoms with van der Waals surface area (Å²) in [4.78, 5) is 2.77. The summed E-state index contributed by atoms with van der Waals surface area (Å²) in [6.07, 6.45) is 8.35. The van der Waals surface area contributed by atoms with Gasteiger partial charge in [0.1, 0.15) is 0 Å². The third-order valence-electron chi connectivity index (χ3n) is 3.88. The van der Waals surface area contributed by atoms with Crippen LogP contribution in [0.5, 0.6) is 0 Å². The Bertz CT molecular complexity index is 183. The van der Waals surface area contributed by atoms with Crippen molar-refractivity contribution in [2.75, 3.05) is 13.1 Å². The van der Waals surface area contributed by atoms with Crippen molar-refractivity contribution in [1.29, 1.82) is 0 Å². The molecular weight excluding hydrogens is 184 g/mol. The minimum Gasteiger partial charge on any atom is -0.313 e. The number of rotatable bonds is 6. The summed E-state index contributed by atoms with van der Waals surface area (Å²) in [5, 5.41) is 3.63. The van der Waals surface area contributed by atoms with Crippen molar-refractivity contribution in [3.05, 3.63) is 0 Å².